The average Bonchev–Trinajstić information content (AvgIpc) is 2.66. The highest BCUT2D eigenvalue weighted by atomic mass is 16.5. The first-order valence-corrected chi connectivity index (χ1v) is 8.62. The van der Waals surface area contributed by atoms with Crippen LogP contribution in [0.1, 0.15) is 21.8 Å². The lowest BCUT2D eigenvalue weighted by atomic mass is 9.71. The zero-order valence-corrected chi connectivity index (χ0v) is 13.4. The molecule has 120 valence electrons. The molecule has 1 saturated heterocycles. The number of Topliss-reactive ketones (excluding diaryl/α,β-unsaturated/α-hetero) is 1. The fraction of sp³-hybridized carbons (Fsp3) is 0.286. The Morgan fingerprint density at radius 2 is 1.75 bits per heavy atom. The summed E-state index contributed by atoms with van der Waals surface area (Å²) in [5, 5.41) is 2.34. The molecule has 1 fully saturated rings. The Bertz CT molecular complexity index is 890. The Morgan fingerprint density at radius 1 is 0.958 bits per heavy atom. The van der Waals surface area contributed by atoms with Crippen LogP contribution in [0.5, 0.6) is 0 Å². The van der Waals surface area contributed by atoms with Crippen LogP contribution in [0.4, 0.5) is 5.69 Å². The van der Waals surface area contributed by atoms with Gasteiger partial charge in [-0.15, -0.1) is 0 Å². The van der Waals surface area contributed by atoms with Crippen molar-refractivity contribution in [1.29, 1.82) is 0 Å². The number of rotatable bonds is 1. The van der Waals surface area contributed by atoms with Crippen molar-refractivity contribution >= 4 is 22.2 Å². The maximum atomic E-state index is 13.0. The molecule has 0 aromatic heterocycles. The van der Waals surface area contributed by atoms with Gasteiger partial charge in [0, 0.05) is 35.6 Å². The van der Waals surface area contributed by atoms with Gasteiger partial charge in [0.15, 0.2) is 5.78 Å². The van der Waals surface area contributed by atoms with Crippen molar-refractivity contribution < 1.29 is 9.53 Å². The van der Waals surface area contributed by atoms with E-state index in [4.69, 9.17) is 4.74 Å². The Hall–Kier alpha value is -2.39. The lowest BCUT2D eigenvalue weighted by Crippen LogP contribution is -2.36. The standard InChI is InChI=1S/C21H19NO2/c23-21-16-5-2-1-4-14(16)15-8-9-19(22-10-12-24-13-11-22)17-6-3-7-18(21)20(15)17/h1-9,14,16H,10-13H2. The monoisotopic (exact) mass is 317 g/mol. The quantitative estimate of drug-likeness (QED) is 0.803. The van der Waals surface area contributed by atoms with Gasteiger partial charge in [-0.2, -0.15) is 0 Å². The first kappa shape index (κ1) is 14.0. The van der Waals surface area contributed by atoms with Crippen LogP contribution in [0, 0.1) is 5.92 Å². The smallest absolute Gasteiger partial charge is 0.171 e. The normalized spacial score (nSPS) is 25.2. The van der Waals surface area contributed by atoms with E-state index in [-0.39, 0.29) is 17.6 Å². The molecule has 1 aliphatic heterocycles. The van der Waals surface area contributed by atoms with Gasteiger partial charge in [-0.25, -0.2) is 0 Å². The molecule has 1 heterocycles. The van der Waals surface area contributed by atoms with Crippen LogP contribution >= 0.6 is 0 Å². The highest BCUT2D eigenvalue weighted by Gasteiger charge is 2.35. The van der Waals surface area contributed by atoms with E-state index in [9.17, 15) is 4.79 Å². The second-order valence-corrected chi connectivity index (χ2v) is 6.69. The summed E-state index contributed by atoms with van der Waals surface area (Å²) in [7, 11) is 0. The third-order valence-electron chi connectivity index (χ3n) is 5.46. The Balaban J connectivity index is 1.75. The molecular formula is C21H19NO2. The third kappa shape index (κ3) is 1.91. The lowest BCUT2D eigenvalue weighted by Gasteiger charge is -2.34. The van der Waals surface area contributed by atoms with Crippen molar-refractivity contribution in [3.8, 4) is 0 Å². The van der Waals surface area contributed by atoms with Gasteiger partial charge in [-0.1, -0.05) is 48.6 Å². The summed E-state index contributed by atoms with van der Waals surface area (Å²) < 4.78 is 5.49. The predicted octanol–water partition coefficient (Wildman–Crippen LogP) is 3.70. The number of allylic oxidation sites excluding steroid dienone is 4. The second kappa shape index (κ2) is 5.32. The van der Waals surface area contributed by atoms with Crippen molar-refractivity contribution in [3.05, 3.63) is 65.8 Å². The number of fused-ring (bicyclic) bond motifs is 2. The zero-order valence-electron chi connectivity index (χ0n) is 13.4. The highest BCUT2D eigenvalue weighted by molar-refractivity contribution is 6.16. The molecule has 3 aliphatic rings. The number of ether oxygens (including phenoxy) is 1. The van der Waals surface area contributed by atoms with E-state index in [0.717, 1.165) is 37.3 Å². The molecule has 0 radical (unpaired) electrons. The molecule has 0 saturated carbocycles. The van der Waals surface area contributed by atoms with Gasteiger partial charge in [0.2, 0.25) is 0 Å². The van der Waals surface area contributed by atoms with Crippen molar-refractivity contribution in [3.63, 3.8) is 0 Å². The predicted molar refractivity (Wildman–Crippen MR) is 95.8 cm³/mol. The van der Waals surface area contributed by atoms with Gasteiger partial charge in [-0.3, -0.25) is 4.79 Å². The average molecular weight is 317 g/mol. The Kier molecular flexibility index (Phi) is 3.10. The van der Waals surface area contributed by atoms with Crippen LogP contribution in [0.3, 0.4) is 0 Å². The molecule has 0 spiro atoms. The fourth-order valence-corrected chi connectivity index (χ4v) is 4.32. The molecule has 0 bridgehead atoms. The largest absolute Gasteiger partial charge is 0.378 e. The van der Waals surface area contributed by atoms with E-state index >= 15 is 0 Å². The number of morpholine rings is 1. The summed E-state index contributed by atoms with van der Waals surface area (Å²) in [5.74, 6) is 0.360. The maximum absolute atomic E-state index is 13.0. The molecule has 3 nitrogen and oxygen atoms in total. The molecule has 0 amide bonds. The van der Waals surface area contributed by atoms with E-state index in [0.29, 0.717) is 0 Å². The third-order valence-corrected chi connectivity index (χ3v) is 5.46. The highest BCUT2D eigenvalue weighted by Crippen LogP contribution is 2.45. The molecule has 5 rings (SSSR count). The summed E-state index contributed by atoms with van der Waals surface area (Å²) in [6, 6.07) is 10.6. The second-order valence-electron chi connectivity index (χ2n) is 6.69. The summed E-state index contributed by atoms with van der Waals surface area (Å²) >= 11 is 0. The summed E-state index contributed by atoms with van der Waals surface area (Å²) in [4.78, 5) is 15.4. The van der Waals surface area contributed by atoms with E-state index in [1.165, 1.54) is 16.6 Å². The number of hydrogen-bond donors (Lipinski definition) is 0. The summed E-state index contributed by atoms with van der Waals surface area (Å²) in [6.45, 7) is 3.34. The molecular weight excluding hydrogens is 298 g/mol. The number of hydrogen-bond acceptors (Lipinski definition) is 3. The molecule has 2 aromatic rings. The first-order valence-electron chi connectivity index (χ1n) is 8.62. The number of carbonyl (C=O) groups excluding carboxylic acids is 1. The lowest BCUT2D eigenvalue weighted by molar-refractivity contribution is 0.0934. The van der Waals surface area contributed by atoms with Crippen LogP contribution in [0.25, 0.3) is 10.8 Å². The van der Waals surface area contributed by atoms with Crippen LogP contribution in [-0.2, 0) is 4.74 Å². The first-order chi connectivity index (χ1) is 11.8. The van der Waals surface area contributed by atoms with Gasteiger partial charge >= 0.3 is 0 Å². The molecule has 2 atom stereocenters. The number of anilines is 1. The van der Waals surface area contributed by atoms with Crippen LogP contribution in [0.2, 0.25) is 0 Å². The van der Waals surface area contributed by atoms with Crippen molar-refractivity contribution in [2.24, 2.45) is 5.92 Å². The molecule has 3 heteroatoms. The number of benzene rings is 2. The Morgan fingerprint density at radius 3 is 2.58 bits per heavy atom. The SMILES string of the molecule is O=C1c2cccc3c(N4CCOCC4)ccc(c23)C2C=CC=CC12. The molecule has 24 heavy (non-hydrogen) atoms. The number of ketones is 1. The number of nitrogens with zero attached hydrogens (tertiary/aromatic N) is 1. The van der Waals surface area contributed by atoms with Gasteiger partial charge < -0.3 is 9.64 Å². The van der Waals surface area contributed by atoms with Crippen molar-refractivity contribution in [1.82, 2.24) is 0 Å². The summed E-state index contributed by atoms with van der Waals surface area (Å²) in [5.41, 5.74) is 3.38. The molecule has 2 unspecified atom stereocenters. The van der Waals surface area contributed by atoms with E-state index < -0.39 is 0 Å². The zero-order chi connectivity index (χ0) is 16.1. The van der Waals surface area contributed by atoms with Crippen molar-refractivity contribution in [2.75, 3.05) is 31.2 Å². The minimum atomic E-state index is -0.0534. The molecule has 2 aromatic carbocycles. The maximum Gasteiger partial charge on any atom is 0.171 e. The van der Waals surface area contributed by atoms with Gasteiger partial charge in [0.1, 0.15) is 0 Å². The fourth-order valence-electron chi connectivity index (χ4n) is 4.32. The van der Waals surface area contributed by atoms with Crippen molar-refractivity contribution in [2.45, 2.75) is 5.92 Å². The number of carbonyl (C=O) groups is 1. The molecule has 2 aliphatic carbocycles. The minimum Gasteiger partial charge on any atom is -0.378 e. The van der Waals surface area contributed by atoms with Crippen LogP contribution < -0.4 is 4.90 Å². The van der Waals surface area contributed by atoms with E-state index in [1.807, 2.05) is 24.3 Å². The van der Waals surface area contributed by atoms with Crippen LogP contribution in [-0.4, -0.2) is 32.1 Å². The topological polar surface area (TPSA) is 29.5 Å². The van der Waals surface area contributed by atoms with Crippen LogP contribution in [0.15, 0.2) is 54.6 Å². The van der Waals surface area contributed by atoms with Gasteiger partial charge in [0.25, 0.3) is 0 Å². The van der Waals surface area contributed by atoms with E-state index in [2.05, 4.69) is 35.3 Å². The minimum absolute atomic E-state index is 0.0534. The van der Waals surface area contributed by atoms with Gasteiger partial charge in [-0.05, 0) is 17.0 Å². The Labute approximate surface area is 141 Å². The van der Waals surface area contributed by atoms with E-state index in [1.54, 1.807) is 0 Å². The van der Waals surface area contributed by atoms with Gasteiger partial charge in [0.05, 0.1) is 19.1 Å². The molecule has 0 N–H and O–H groups in total. The summed E-state index contributed by atoms with van der Waals surface area (Å²) in [6.07, 6.45) is 8.27.